The largest absolute Gasteiger partial charge is 0.126 e. The smallest absolute Gasteiger partial charge is 0.0234 e. The lowest BCUT2D eigenvalue weighted by molar-refractivity contribution is 0.767. The van der Waals surface area contributed by atoms with Crippen LogP contribution in [0.1, 0.15) is 51.5 Å². The lowest BCUT2D eigenvalue weighted by Crippen LogP contribution is -1.82. The van der Waals surface area contributed by atoms with Gasteiger partial charge in [-0.3, -0.25) is 0 Å². The lowest BCUT2D eigenvalue weighted by atomic mass is 10.1. The van der Waals surface area contributed by atoms with Crippen molar-refractivity contribution in [1.29, 1.82) is 0 Å². The fraction of sp³-hybridized carbons (Fsp3) is 0.471. The van der Waals surface area contributed by atoms with Gasteiger partial charge in [0, 0.05) is 0 Å². The zero-order valence-corrected chi connectivity index (χ0v) is 11.2. The maximum atomic E-state index is 3.47. The second-order valence-corrected chi connectivity index (χ2v) is 4.43. The molecule has 0 N–H and O–H groups in total. The fourth-order valence-corrected chi connectivity index (χ4v) is 1.84. The fourth-order valence-electron chi connectivity index (χ4n) is 1.84. The first-order valence-electron chi connectivity index (χ1n) is 6.83. The summed E-state index contributed by atoms with van der Waals surface area (Å²) in [4.78, 5) is 0. The van der Waals surface area contributed by atoms with Gasteiger partial charge in [-0.15, -0.1) is 5.73 Å². The second kappa shape index (κ2) is 8.84. The first-order chi connectivity index (χ1) is 8.36. The molecule has 0 saturated heterocycles. The van der Waals surface area contributed by atoms with Crippen molar-refractivity contribution in [3.63, 3.8) is 0 Å². The van der Waals surface area contributed by atoms with Crippen LogP contribution in [0.5, 0.6) is 0 Å². The third kappa shape index (κ3) is 6.14. The highest BCUT2D eigenvalue weighted by molar-refractivity contribution is 5.15. The third-order valence-corrected chi connectivity index (χ3v) is 2.99. The zero-order valence-electron chi connectivity index (χ0n) is 11.2. The van der Waals surface area contributed by atoms with Gasteiger partial charge in [0.05, 0.1) is 0 Å². The molecule has 0 heterocycles. The maximum absolute atomic E-state index is 3.47. The van der Waals surface area contributed by atoms with Gasteiger partial charge in [-0.2, -0.15) is 0 Å². The first kappa shape index (κ1) is 13.8. The zero-order chi connectivity index (χ0) is 12.3. The van der Waals surface area contributed by atoms with E-state index in [1.807, 2.05) is 0 Å². The summed E-state index contributed by atoms with van der Waals surface area (Å²) < 4.78 is 0. The molecule has 1 aromatic carbocycles. The molecule has 0 spiro atoms. The summed E-state index contributed by atoms with van der Waals surface area (Å²) >= 11 is 0. The van der Waals surface area contributed by atoms with E-state index in [0.29, 0.717) is 0 Å². The highest BCUT2D eigenvalue weighted by Crippen LogP contribution is 2.10. The Morgan fingerprint density at radius 1 is 1.18 bits per heavy atom. The molecule has 1 aromatic rings. The molecule has 0 aliphatic heterocycles. The van der Waals surface area contributed by atoms with Gasteiger partial charge in [0.25, 0.3) is 0 Å². The van der Waals surface area contributed by atoms with E-state index in [4.69, 9.17) is 0 Å². The Hall–Kier alpha value is -1.26. The summed E-state index contributed by atoms with van der Waals surface area (Å²) in [5.74, 6) is 0. The van der Waals surface area contributed by atoms with Crippen LogP contribution in [-0.2, 0) is 6.42 Å². The van der Waals surface area contributed by atoms with Crippen molar-refractivity contribution in [3.05, 3.63) is 53.3 Å². The van der Waals surface area contributed by atoms with E-state index in [0.717, 1.165) is 19.3 Å². The number of hydrogen-bond donors (Lipinski definition) is 0. The number of unbranched alkanes of at least 4 members (excludes halogenated alkanes) is 1. The Kier molecular flexibility index (Phi) is 7.18. The molecule has 0 aromatic heterocycles. The number of allylic oxidation sites excluding steroid dienone is 1. The van der Waals surface area contributed by atoms with Crippen LogP contribution in [0.25, 0.3) is 0 Å². The van der Waals surface area contributed by atoms with Crippen LogP contribution in [0, 0.1) is 0 Å². The van der Waals surface area contributed by atoms with Crippen molar-refractivity contribution in [1.82, 2.24) is 0 Å². The van der Waals surface area contributed by atoms with Gasteiger partial charge in [-0.05, 0) is 49.3 Å². The number of rotatable bonds is 7. The van der Waals surface area contributed by atoms with E-state index >= 15 is 0 Å². The Bertz CT molecular complexity index is 353. The van der Waals surface area contributed by atoms with Crippen LogP contribution in [0.15, 0.2) is 47.7 Å². The van der Waals surface area contributed by atoms with Crippen LogP contribution in [0.2, 0.25) is 0 Å². The first-order valence-corrected chi connectivity index (χ1v) is 6.83. The number of aryl methyl sites for hydroxylation is 1. The van der Waals surface area contributed by atoms with E-state index in [-0.39, 0.29) is 0 Å². The summed E-state index contributed by atoms with van der Waals surface area (Å²) in [6.45, 7) is 4.47. The molecule has 92 valence electrons. The highest BCUT2D eigenvalue weighted by atomic mass is 14.0. The molecule has 0 aliphatic carbocycles. The van der Waals surface area contributed by atoms with Gasteiger partial charge in [-0.25, -0.2) is 0 Å². The Balaban J connectivity index is 2.39. The molecule has 0 nitrogen and oxygen atoms in total. The maximum Gasteiger partial charge on any atom is -0.0234 e. The number of benzene rings is 1. The minimum Gasteiger partial charge on any atom is -0.126 e. The molecule has 0 amide bonds. The van der Waals surface area contributed by atoms with Crippen LogP contribution in [0.3, 0.4) is 0 Å². The molecule has 0 unspecified atom stereocenters. The molecular formula is C17H24. The van der Waals surface area contributed by atoms with Crippen LogP contribution < -0.4 is 0 Å². The molecule has 17 heavy (non-hydrogen) atoms. The molecule has 0 atom stereocenters. The van der Waals surface area contributed by atoms with Gasteiger partial charge in [0.1, 0.15) is 0 Å². The molecule has 0 heteroatoms. The Labute approximate surface area is 106 Å². The van der Waals surface area contributed by atoms with Gasteiger partial charge in [-0.1, -0.05) is 50.6 Å². The predicted octanol–water partition coefficient (Wildman–Crippen LogP) is 5.30. The van der Waals surface area contributed by atoms with E-state index < -0.39 is 0 Å². The van der Waals surface area contributed by atoms with E-state index in [1.54, 1.807) is 0 Å². The molecule has 0 bridgehead atoms. The van der Waals surface area contributed by atoms with Crippen molar-refractivity contribution in [2.45, 2.75) is 52.4 Å². The molecular weight excluding hydrogens is 204 g/mol. The number of hydrogen-bond acceptors (Lipinski definition) is 0. The molecule has 1 rings (SSSR count). The average Bonchev–Trinajstić information content (AvgIpc) is 2.39. The van der Waals surface area contributed by atoms with Crippen molar-refractivity contribution >= 4 is 0 Å². The van der Waals surface area contributed by atoms with E-state index in [1.165, 1.54) is 30.4 Å². The SMILES string of the molecule is CCCCC(=C=CCCc1ccccc1)CC. The summed E-state index contributed by atoms with van der Waals surface area (Å²) in [5, 5.41) is 0. The van der Waals surface area contributed by atoms with Gasteiger partial charge in [0.15, 0.2) is 0 Å². The van der Waals surface area contributed by atoms with Crippen molar-refractivity contribution in [3.8, 4) is 0 Å². The average molecular weight is 228 g/mol. The predicted molar refractivity (Wildman–Crippen MR) is 76.2 cm³/mol. The lowest BCUT2D eigenvalue weighted by Gasteiger charge is -1.99. The quantitative estimate of drug-likeness (QED) is 0.555. The minimum atomic E-state index is 1.10. The topological polar surface area (TPSA) is 0 Å². The molecule has 0 aliphatic rings. The normalized spacial score (nSPS) is 9.76. The van der Waals surface area contributed by atoms with Crippen molar-refractivity contribution < 1.29 is 0 Å². The Morgan fingerprint density at radius 3 is 2.59 bits per heavy atom. The van der Waals surface area contributed by atoms with Crippen LogP contribution in [-0.4, -0.2) is 0 Å². The second-order valence-electron chi connectivity index (χ2n) is 4.43. The van der Waals surface area contributed by atoms with Crippen LogP contribution >= 0.6 is 0 Å². The van der Waals surface area contributed by atoms with E-state index in [2.05, 4.69) is 56.0 Å². The third-order valence-electron chi connectivity index (χ3n) is 2.99. The monoisotopic (exact) mass is 228 g/mol. The molecule has 0 saturated carbocycles. The molecule has 0 radical (unpaired) electrons. The van der Waals surface area contributed by atoms with Crippen LogP contribution in [0.4, 0.5) is 0 Å². The van der Waals surface area contributed by atoms with E-state index in [9.17, 15) is 0 Å². The summed E-state index contributed by atoms with van der Waals surface area (Å²) in [6.07, 6.45) is 9.36. The standard InChI is InChI=1S/C17H24/c1-3-5-11-16(4-2)12-9-10-15-17-13-7-6-8-14-17/h6-9,13-14H,3-5,10-11,15H2,1-2H3. The molecule has 0 fully saturated rings. The van der Waals surface area contributed by atoms with Crippen molar-refractivity contribution in [2.75, 3.05) is 0 Å². The Morgan fingerprint density at radius 2 is 1.94 bits per heavy atom. The minimum absolute atomic E-state index is 1.10. The van der Waals surface area contributed by atoms with Gasteiger partial charge in [0.2, 0.25) is 0 Å². The summed E-state index contributed by atoms with van der Waals surface area (Å²) in [7, 11) is 0. The van der Waals surface area contributed by atoms with Gasteiger partial charge >= 0.3 is 0 Å². The van der Waals surface area contributed by atoms with Gasteiger partial charge < -0.3 is 0 Å². The highest BCUT2D eigenvalue weighted by Gasteiger charge is 1.92. The van der Waals surface area contributed by atoms with Crippen molar-refractivity contribution in [2.24, 2.45) is 0 Å². The summed E-state index contributed by atoms with van der Waals surface area (Å²) in [6, 6.07) is 10.7. The summed E-state index contributed by atoms with van der Waals surface area (Å²) in [5.41, 5.74) is 6.35.